The van der Waals surface area contributed by atoms with Gasteiger partial charge in [0, 0.05) is 9.86 Å². The number of fused-ring (bicyclic) bond motifs is 1. The Morgan fingerprint density at radius 2 is 2.06 bits per heavy atom. The van der Waals surface area contributed by atoms with Crippen molar-refractivity contribution in [3.05, 3.63) is 33.5 Å². The molecule has 3 heteroatoms. The summed E-state index contributed by atoms with van der Waals surface area (Å²) in [4.78, 5) is 0. The number of rotatable bonds is 4. The summed E-state index contributed by atoms with van der Waals surface area (Å²) in [6.07, 6.45) is 2.24. The van der Waals surface area contributed by atoms with Crippen LogP contribution in [0.2, 0.25) is 0 Å². The Morgan fingerprint density at radius 1 is 1.33 bits per heavy atom. The summed E-state index contributed by atoms with van der Waals surface area (Å²) < 4.78 is 7.19. The second kappa shape index (κ2) is 5.45. The molecule has 0 fully saturated rings. The van der Waals surface area contributed by atoms with Crippen LogP contribution in [0.1, 0.15) is 42.7 Å². The van der Waals surface area contributed by atoms with Gasteiger partial charge in [0.25, 0.3) is 0 Å². The summed E-state index contributed by atoms with van der Waals surface area (Å²) in [6.45, 7) is 6.42. The number of benzene rings is 1. The highest BCUT2D eigenvalue weighted by Gasteiger charge is 2.16. The summed E-state index contributed by atoms with van der Waals surface area (Å²) in [5.41, 5.74) is 3.46. The molecule has 1 heterocycles. The van der Waals surface area contributed by atoms with E-state index in [9.17, 15) is 0 Å². The molecule has 0 amide bonds. The summed E-state index contributed by atoms with van der Waals surface area (Å²) in [5, 5.41) is 4.53. The molecule has 0 spiro atoms. The molecule has 0 radical (unpaired) electrons. The lowest BCUT2D eigenvalue weighted by Crippen LogP contribution is -2.15. The standard InChI is InChI=1S/C15H20BrNO/c1-5-6-12(17-4)14-8-11-10(3)15(16)9(2)7-13(11)18-14/h7-8,12,17H,5-6H2,1-4H3. The summed E-state index contributed by atoms with van der Waals surface area (Å²) in [7, 11) is 1.99. The van der Waals surface area contributed by atoms with Crippen LogP contribution < -0.4 is 5.32 Å². The first kappa shape index (κ1) is 13.6. The van der Waals surface area contributed by atoms with E-state index >= 15 is 0 Å². The van der Waals surface area contributed by atoms with E-state index < -0.39 is 0 Å². The molecule has 0 aliphatic heterocycles. The van der Waals surface area contributed by atoms with Crippen LogP contribution in [0.15, 0.2) is 21.0 Å². The zero-order chi connectivity index (χ0) is 13.3. The van der Waals surface area contributed by atoms with Gasteiger partial charge in [-0.2, -0.15) is 0 Å². The highest BCUT2D eigenvalue weighted by Crippen LogP contribution is 2.33. The first-order valence-electron chi connectivity index (χ1n) is 6.44. The molecule has 0 aliphatic carbocycles. The molecule has 0 saturated heterocycles. The average molecular weight is 310 g/mol. The van der Waals surface area contributed by atoms with E-state index in [0.717, 1.165) is 24.2 Å². The third-order valence-corrected chi connectivity index (χ3v) is 4.70. The fraction of sp³-hybridized carbons (Fsp3) is 0.467. The third kappa shape index (κ3) is 2.34. The lowest BCUT2D eigenvalue weighted by molar-refractivity contribution is 0.430. The molecule has 1 N–H and O–H groups in total. The van der Waals surface area contributed by atoms with E-state index in [1.54, 1.807) is 0 Å². The van der Waals surface area contributed by atoms with E-state index in [2.05, 4.69) is 54.2 Å². The van der Waals surface area contributed by atoms with Gasteiger partial charge in [-0.3, -0.25) is 0 Å². The summed E-state index contributed by atoms with van der Waals surface area (Å²) in [6, 6.07) is 4.58. The number of halogens is 1. The SMILES string of the molecule is CCCC(NC)c1cc2c(C)c(Br)c(C)cc2o1. The average Bonchev–Trinajstić information content (AvgIpc) is 2.77. The van der Waals surface area contributed by atoms with Crippen LogP contribution in [0.25, 0.3) is 11.0 Å². The van der Waals surface area contributed by atoms with Gasteiger partial charge in [-0.05, 0) is 50.6 Å². The number of aryl methyl sites for hydroxylation is 2. The maximum Gasteiger partial charge on any atom is 0.134 e. The van der Waals surface area contributed by atoms with E-state index in [1.165, 1.54) is 21.0 Å². The summed E-state index contributed by atoms with van der Waals surface area (Å²) >= 11 is 3.64. The molecule has 2 nitrogen and oxygen atoms in total. The minimum atomic E-state index is 0.306. The Labute approximate surface area is 117 Å². The number of nitrogens with one attached hydrogen (secondary N) is 1. The lowest BCUT2D eigenvalue weighted by Gasteiger charge is -2.11. The Kier molecular flexibility index (Phi) is 4.13. The molecule has 1 aromatic carbocycles. The largest absolute Gasteiger partial charge is 0.459 e. The van der Waals surface area contributed by atoms with Crippen LogP contribution in [0.3, 0.4) is 0 Å². The quantitative estimate of drug-likeness (QED) is 0.871. The topological polar surface area (TPSA) is 25.2 Å². The van der Waals surface area contributed by atoms with Crippen molar-refractivity contribution in [3.8, 4) is 0 Å². The normalized spacial score (nSPS) is 13.2. The van der Waals surface area contributed by atoms with Crippen LogP contribution in [-0.2, 0) is 0 Å². The van der Waals surface area contributed by atoms with Crippen molar-refractivity contribution in [1.29, 1.82) is 0 Å². The van der Waals surface area contributed by atoms with Gasteiger partial charge in [0.15, 0.2) is 0 Å². The van der Waals surface area contributed by atoms with Crippen molar-refractivity contribution < 1.29 is 4.42 Å². The smallest absolute Gasteiger partial charge is 0.134 e. The Balaban J connectivity index is 2.53. The van der Waals surface area contributed by atoms with Crippen molar-refractivity contribution in [3.63, 3.8) is 0 Å². The number of hydrogen-bond acceptors (Lipinski definition) is 2. The Hall–Kier alpha value is -0.800. The van der Waals surface area contributed by atoms with Crippen LogP contribution in [-0.4, -0.2) is 7.05 Å². The molecule has 2 aromatic rings. The van der Waals surface area contributed by atoms with Gasteiger partial charge >= 0.3 is 0 Å². The molecular formula is C15H20BrNO. The zero-order valence-corrected chi connectivity index (χ0v) is 13.0. The van der Waals surface area contributed by atoms with Gasteiger partial charge in [-0.1, -0.05) is 29.3 Å². The molecule has 18 heavy (non-hydrogen) atoms. The lowest BCUT2D eigenvalue weighted by atomic mass is 10.1. The minimum Gasteiger partial charge on any atom is -0.459 e. The van der Waals surface area contributed by atoms with Crippen molar-refractivity contribution in [1.82, 2.24) is 5.32 Å². The second-order valence-corrected chi connectivity index (χ2v) is 5.62. The molecule has 1 aromatic heterocycles. The van der Waals surface area contributed by atoms with Gasteiger partial charge in [0.2, 0.25) is 0 Å². The van der Waals surface area contributed by atoms with Crippen molar-refractivity contribution in [2.75, 3.05) is 7.05 Å². The van der Waals surface area contributed by atoms with Crippen molar-refractivity contribution in [2.45, 2.75) is 39.7 Å². The first-order chi connectivity index (χ1) is 8.58. The second-order valence-electron chi connectivity index (χ2n) is 4.82. The third-order valence-electron chi connectivity index (χ3n) is 3.48. The van der Waals surface area contributed by atoms with Crippen molar-refractivity contribution in [2.24, 2.45) is 0 Å². The molecular weight excluding hydrogens is 290 g/mol. The first-order valence-corrected chi connectivity index (χ1v) is 7.24. The van der Waals surface area contributed by atoms with E-state index in [-0.39, 0.29) is 0 Å². The predicted octanol–water partition coefficient (Wildman–Crippen LogP) is 4.87. The van der Waals surface area contributed by atoms with E-state index in [0.29, 0.717) is 6.04 Å². The van der Waals surface area contributed by atoms with Crippen LogP contribution in [0.5, 0.6) is 0 Å². The maximum absolute atomic E-state index is 6.01. The van der Waals surface area contributed by atoms with Crippen molar-refractivity contribution >= 4 is 26.9 Å². The highest BCUT2D eigenvalue weighted by molar-refractivity contribution is 9.10. The number of hydrogen-bond donors (Lipinski definition) is 1. The maximum atomic E-state index is 6.01. The van der Waals surface area contributed by atoms with Gasteiger partial charge in [-0.25, -0.2) is 0 Å². The van der Waals surface area contributed by atoms with Crippen LogP contribution >= 0.6 is 15.9 Å². The van der Waals surface area contributed by atoms with Gasteiger partial charge in [0.05, 0.1) is 6.04 Å². The zero-order valence-electron chi connectivity index (χ0n) is 11.4. The predicted molar refractivity (Wildman–Crippen MR) is 80.1 cm³/mol. The highest BCUT2D eigenvalue weighted by atomic mass is 79.9. The molecule has 1 unspecified atom stereocenters. The number of furan rings is 1. The van der Waals surface area contributed by atoms with Gasteiger partial charge < -0.3 is 9.73 Å². The fourth-order valence-corrected chi connectivity index (χ4v) is 2.72. The summed E-state index contributed by atoms with van der Waals surface area (Å²) in [5.74, 6) is 1.04. The molecule has 98 valence electrons. The van der Waals surface area contributed by atoms with Gasteiger partial charge in [-0.15, -0.1) is 0 Å². The Bertz CT molecular complexity index is 559. The fourth-order valence-electron chi connectivity index (χ4n) is 2.39. The molecule has 0 aliphatic rings. The molecule has 0 saturated carbocycles. The minimum absolute atomic E-state index is 0.306. The molecule has 2 rings (SSSR count). The van der Waals surface area contributed by atoms with E-state index in [4.69, 9.17) is 4.42 Å². The molecule has 1 atom stereocenters. The Morgan fingerprint density at radius 3 is 2.67 bits per heavy atom. The molecule has 0 bridgehead atoms. The van der Waals surface area contributed by atoms with Crippen LogP contribution in [0, 0.1) is 13.8 Å². The van der Waals surface area contributed by atoms with Gasteiger partial charge in [0.1, 0.15) is 11.3 Å². The van der Waals surface area contributed by atoms with E-state index in [1.807, 2.05) is 7.05 Å². The van der Waals surface area contributed by atoms with Crippen LogP contribution in [0.4, 0.5) is 0 Å². The monoisotopic (exact) mass is 309 g/mol.